The summed E-state index contributed by atoms with van der Waals surface area (Å²) in [6.07, 6.45) is -2.00. The maximum absolute atomic E-state index is 12.6. The molecule has 4 atom stereocenters. The van der Waals surface area contributed by atoms with E-state index in [0.717, 1.165) is 11.3 Å². The zero-order valence-electron chi connectivity index (χ0n) is 20.1. The number of carbonyl (C=O) groups is 1. The number of hydrogen-bond acceptors (Lipinski definition) is 8. The molecule has 1 aromatic carbocycles. The molecule has 1 fully saturated rings. The Hall–Kier alpha value is -1.50. The number of esters is 1. The molecule has 9 nitrogen and oxygen atoms in total. The van der Waals surface area contributed by atoms with Gasteiger partial charge in [0.05, 0.1) is 25.6 Å². The minimum Gasteiger partial charge on any atom is -0.497 e. The summed E-state index contributed by atoms with van der Waals surface area (Å²) in [6, 6.07) is 7.06. The Labute approximate surface area is 197 Å². The van der Waals surface area contributed by atoms with E-state index in [9.17, 15) is 18.3 Å². The molecule has 0 radical (unpaired) electrons. The quantitative estimate of drug-likeness (QED) is 0.253. The normalized spacial score (nSPS) is 23.8. The van der Waals surface area contributed by atoms with E-state index in [-0.39, 0.29) is 12.2 Å². The predicted octanol–water partition coefficient (Wildman–Crippen LogP) is 2.27. The number of methoxy groups -OCH3 is 1. The summed E-state index contributed by atoms with van der Waals surface area (Å²) in [6.45, 7) is 8.29. The van der Waals surface area contributed by atoms with Crippen LogP contribution < -0.4 is 9.46 Å². The Balaban J connectivity index is 1.90. The lowest BCUT2D eigenvalue weighted by Gasteiger charge is -2.39. The van der Waals surface area contributed by atoms with Crippen LogP contribution in [0.5, 0.6) is 5.75 Å². The van der Waals surface area contributed by atoms with Crippen LogP contribution in [0.3, 0.4) is 0 Å². The van der Waals surface area contributed by atoms with E-state index in [2.05, 4.69) is 24.4 Å². The number of ether oxygens (including phenoxy) is 4. The molecule has 1 heterocycles. The molecule has 0 spiro atoms. The van der Waals surface area contributed by atoms with Crippen LogP contribution in [0.1, 0.15) is 25.3 Å². The first kappa shape index (κ1) is 27.7. The van der Waals surface area contributed by atoms with Gasteiger partial charge in [0.25, 0.3) is 0 Å². The van der Waals surface area contributed by atoms with Gasteiger partial charge in [-0.3, -0.25) is 4.79 Å². The second-order valence-corrected chi connectivity index (χ2v) is 17.0. The highest BCUT2D eigenvalue weighted by Gasteiger charge is 2.42. The highest BCUT2D eigenvalue weighted by atomic mass is 32.2. The van der Waals surface area contributed by atoms with Gasteiger partial charge in [0.2, 0.25) is 10.0 Å². The molecular weight excluding hydrogens is 466 g/mol. The molecule has 0 unspecified atom stereocenters. The van der Waals surface area contributed by atoms with Crippen molar-refractivity contribution in [3.63, 3.8) is 0 Å². The van der Waals surface area contributed by atoms with Crippen LogP contribution in [0.25, 0.3) is 0 Å². The van der Waals surface area contributed by atoms with Crippen molar-refractivity contribution in [2.24, 2.45) is 0 Å². The van der Waals surface area contributed by atoms with Crippen LogP contribution in [0, 0.1) is 0 Å². The topological polar surface area (TPSA) is 120 Å². The van der Waals surface area contributed by atoms with E-state index >= 15 is 0 Å². The summed E-state index contributed by atoms with van der Waals surface area (Å²) in [4.78, 5) is 11.6. The Morgan fingerprint density at radius 1 is 1.24 bits per heavy atom. The molecular formula is C22H37NO8SSi. The Morgan fingerprint density at radius 3 is 2.48 bits per heavy atom. The lowest BCUT2D eigenvalue weighted by molar-refractivity contribution is -0.214. The molecule has 1 aliphatic rings. The smallest absolute Gasteiger partial charge is 0.302 e. The monoisotopic (exact) mass is 503 g/mol. The Morgan fingerprint density at radius 2 is 1.91 bits per heavy atom. The second kappa shape index (κ2) is 12.3. The zero-order chi connectivity index (χ0) is 24.6. The number of aliphatic hydroxyl groups excluding tert-OH is 1. The number of sulfonamides is 1. The Bertz CT molecular complexity index is 856. The first-order valence-electron chi connectivity index (χ1n) is 11.1. The number of aliphatic hydroxyl groups is 1. The fourth-order valence-electron chi connectivity index (χ4n) is 3.41. The fourth-order valence-corrected chi connectivity index (χ4v) is 7.74. The van der Waals surface area contributed by atoms with Gasteiger partial charge < -0.3 is 24.1 Å². The Kier molecular flexibility index (Phi) is 10.3. The van der Waals surface area contributed by atoms with E-state index in [1.807, 2.05) is 24.3 Å². The third kappa shape index (κ3) is 10.1. The van der Waals surface area contributed by atoms with Crippen molar-refractivity contribution in [1.82, 2.24) is 4.72 Å². The second-order valence-electron chi connectivity index (χ2n) is 9.49. The van der Waals surface area contributed by atoms with Crippen molar-refractivity contribution in [2.75, 3.05) is 19.5 Å². The van der Waals surface area contributed by atoms with Crippen LogP contribution in [-0.2, 0) is 35.6 Å². The molecule has 33 heavy (non-hydrogen) atoms. The van der Waals surface area contributed by atoms with E-state index in [0.29, 0.717) is 25.7 Å². The van der Waals surface area contributed by atoms with Gasteiger partial charge in [0.15, 0.2) is 6.29 Å². The summed E-state index contributed by atoms with van der Waals surface area (Å²) in [5, 5.41) is 10.5. The van der Waals surface area contributed by atoms with E-state index in [1.165, 1.54) is 6.92 Å². The highest BCUT2D eigenvalue weighted by molar-refractivity contribution is 7.89. The first-order valence-corrected chi connectivity index (χ1v) is 16.5. The molecule has 0 aliphatic carbocycles. The van der Waals surface area contributed by atoms with Gasteiger partial charge in [-0.25, -0.2) is 13.1 Å². The number of nitrogens with one attached hydrogen (secondary N) is 1. The van der Waals surface area contributed by atoms with Gasteiger partial charge in [-0.2, -0.15) is 0 Å². The zero-order valence-corrected chi connectivity index (χ0v) is 21.9. The highest BCUT2D eigenvalue weighted by Crippen LogP contribution is 2.25. The molecule has 0 saturated carbocycles. The van der Waals surface area contributed by atoms with Crippen LogP contribution in [0.4, 0.5) is 0 Å². The molecule has 1 aliphatic heterocycles. The fraction of sp³-hybridized carbons (Fsp3) is 0.682. The maximum atomic E-state index is 12.6. The number of benzene rings is 1. The largest absolute Gasteiger partial charge is 0.497 e. The van der Waals surface area contributed by atoms with Crippen molar-refractivity contribution >= 4 is 24.1 Å². The minimum atomic E-state index is -3.67. The van der Waals surface area contributed by atoms with E-state index in [1.54, 1.807) is 7.11 Å². The van der Waals surface area contributed by atoms with Crippen molar-refractivity contribution in [3.8, 4) is 5.75 Å². The molecule has 1 saturated heterocycles. The van der Waals surface area contributed by atoms with Crippen LogP contribution in [0.15, 0.2) is 24.3 Å². The van der Waals surface area contributed by atoms with Crippen molar-refractivity contribution < 1.29 is 37.3 Å². The van der Waals surface area contributed by atoms with Crippen LogP contribution in [0.2, 0.25) is 25.7 Å². The predicted molar refractivity (Wildman–Crippen MR) is 127 cm³/mol. The van der Waals surface area contributed by atoms with Crippen molar-refractivity contribution in [3.05, 3.63) is 29.8 Å². The number of hydrogen-bond donors (Lipinski definition) is 2. The van der Waals surface area contributed by atoms with Crippen LogP contribution >= 0.6 is 0 Å². The molecule has 0 bridgehead atoms. The van der Waals surface area contributed by atoms with Gasteiger partial charge in [0.1, 0.15) is 17.9 Å². The van der Waals surface area contributed by atoms with Gasteiger partial charge in [0, 0.05) is 28.0 Å². The average molecular weight is 504 g/mol. The average Bonchev–Trinajstić information content (AvgIpc) is 2.72. The van der Waals surface area contributed by atoms with Crippen molar-refractivity contribution in [1.29, 1.82) is 0 Å². The number of rotatable bonds is 12. The standard InChI is InChI=1S/C22H37NO8SSi/c1-16(24)30-20-14-19(10-11-29-15-17-6-8-18(28-2)9-7-17)31-22(25)21(20)23-32(26,27)12-13-33(3,4)5/h6-9,19-23,25H,10-15H2,1-5H3/t19-,20+,21-,22-/m1/s1. The third-order valence-electron chi connectivity index (χ3n) is 5.30. The lowest BCUT2D eigenvalue weighted by atomic mass is 9.99. The van der Waals surface area contributed by atoms with Gasteiger partial charge >= 0.3 is 5.97 Å². The lowest BCUT2D eigenvalue weighted by Crippen LogP contribution is -2.58. The SMILES string of the molecule is COc1ccc(COCC[C@@H]2C[C@H](OC(C)=O)[C@@H](NS(=O)(=O)CC[Si](C)(C)C)[C@H](O)O2)cc1. The minimum absolute atomic E-state index is 0.0403. The summed E-state index contributed by atoms with van der Waals surface area (Å²) in [5.41, 5.74) is 0.992. The van der Waals surface area contributed by atoms with E-state index in [4.69, 9.17) is 18.9 Å². The summed E-state index contributed by atoms with van der Waals surface area (Å²) in [7, 11) is -3.63. The molecule has 188 valence electrons. The summed E-state index contributed by atoms with van der Waals surface area (Å²) >= 11 is 0. The van der Waals surface area contributed by atoms with Gasteiger partial charge in [-0.05, 0) is 30.2 Å². The molecule has 0 amide bonds. The van der Waals surface area contributed by atoms with Crippen molar-refractivity contribution in [2.45, 2.75) is 76.6 Å². The summed E-state index contributed by atoms with van der Waals surface area (Å²) in [5.74, 6) is 0.182. The van der Waals surface area contributed by atoms with Gasteiger partial charge in [-0.15, -0.1) is 0 Å². The number of carbonyl (C=O) groups excluding carboxylic acids is 1. The summed E-state index contributed by atoms with van der Waals surface area (Å²) < 4.78 is 49.4. The molecule has 11 heteroatoms. The molecule has 2 rings (SSSR count). The van der Waals surface area contributed by atoms with Gasteiger partial charge in [-0.1, -0.05) is 31.8 Å². The first-order chi connectivity index (χ1) is 15.4. The molecule has 1 aromatic rings. The molecule has 2 N–H and O–H groups in total. The maximum Gasteiger partial charge on any atom is 0.302 e. The third-order valence-corrected chi connectivity index (χ3v) is 8.79. The molecule has 0 aromatic heterocycles. The van der Waals surface area contributed by atoms with E-state index < -0.39 is 48.6 Å². The van der Waals surface area contributed by atoms with Crippen LogP contribution in [-0.4, -0.2) is 71.6 Å².